The number of fused-ring (bicyclic) bond motifs is 1. The summed E-state index contributed by atoms with van der Waals surface area (Å²) in [6, 6.07) is 10.9. The predicted octanol–water partition coefficient (Wildman–Crippen LogP) is 2.63. The molecule has 1 atom stereocenters. The molecule has 0 bridgehead atoms. The fraction of sp³-hybridized carbons (Fsp3) is 0.278. The van der Waals surface area contributed by atoms with E-state index < -0.39 is 0 Å². The van der Waals surface area contributed by atoms with Crippen molar-refractivity contribution in [2.75, 3.05) is 13.7 Å². The summed E-state index contributed by atoms with van der Waals surface area (Å²) in [6.07, 6.45) is 1.59. The van der Waals surface area contributed by atoms with Crippen LogP contribution in [0.1, 0.15) is 35.9 Å². The van der Waals surface area contributed by atoms with Gasteiger partial charge < -0.3 is 14.8 Å². The Morgan fingerprint density at radius 3 is 2.68 bits per heavy atom. The van der Waals surface area contributed by atoms with Crippen LogP contribution in [-0.4, -0.2) is 34.2 Å². The van der Waals surface area contributed by atoms with Crippen LogP contribution in [0.3, 0.4) is 0 Å². The Kier molecular flexibility index (Phi) is 4.83. The van der Waals surface area contributed by atoms with Gasteiger partial charge in [-0.1, -0.05) is 12.1 Å². The average Bonchev–Trinajstić information content (AvgIpc) is 3.05. The van der Waals surface area contributed by atoms with Crippen molar-refractivity contribution in [3.05, 3.63) is 53.9 Å². The van der Waals surface area contributed by atoms with Crippen LogP contribution in [0, 0.1) is 0 Å². The minimum Gasteiger partial charge on any atom is -0.497 e. The van der Waals surface area contributed by atoms with Gasteiger partial charge in [0.25, 0.3) is 5.91 Å². The molecule has 1 N–H and O–H groups in total. The van der Waals surface area contributed by atoms with E-state index in [2.05, 4.69) is 15.4 Å². The van der Waals surface area contributed by atoms with Gasteiger partial charge in [-0.25, -0.2) is 9.50 Å². The monoisotopic (exact) mass is 340 g/mol. The van der Waals surface area contributed by atoms with Gasteiger partial charge >= 0.3 is 0 Å². The number of benzene rings is 1. The Morgan fingerprint density at radius 2 is 2.00 bits per heavy atom. The van der Waals surface area contributed by atoms with Crippen molar-refractivity contribution in [1.82, 2.24) is 19.9 Å². The Morgan fingerprint density at radius 1 is 1.24 bits per heavy atom. The molecular weight excluding hydrogens is 320 g/mol. The van der Waals surface area contributed by atoms with E-state index in [1.165, 1.54) is 4.52 Å². The summed E-state index contributed by atoms with van der Waals surface area (Å²) in [4.78, 5) is 16.8. The maximum Gasteiger partial charge on any atom is 0.272 e. The van der Waals surface area contributed by atoms with Crippen molar-refractivity contribution in [2.45, 2.75) is 19.9 Å². The van der Waals surface area contributed by atoms with Gasteiger partial charge in [-0.3, -0.25) is 4.79 Å². The predicted molar refractivity (Wildman–Crippen MR) is 93.0 cm³/mol. The summed E-state index contributed by atoms with van der Waals surface area (Å²) in [5.74, 6) is 1.01. The third-order valence-electron chi connectivity index (χ3n) is 3.78. The number of amides is 1. The summed E-state index contributed by atoms with van der Waals surface area (Å²) in [5, 5.41) is 7.20. The van der Waals surface area contributed by atoms with Gasteiger partial charge in [0.15, 0.2) is 5.65 Å². The van der Waals surface area contributed by atoms with Gasteiger partial charge in [-0.2, -0.15) is 0 Å². The summed E-state index contributed by atoms with van der Waals surface area (Å²) in [5.41, 5.74) is 1.88. The lowest BCUT2D eigenvalue weighted by Gasteiger charge is -2.13. The summed E-state index contributed by atoms with van der Waals surface area (Å²) in [7, 11) is 1.62. The summed E-state index contributed by atoms with van der Waals surface area (Å²) >= 11 is 0. The quantitative estimate of drug-likeness (QED) is 0.746. The van der Waals surface area contributed by atoms with Gasteiger partial charge in [0.05, 0.1) is 26.0 Å². The number of ether oxygens (including phenoxy) is 2. The second-order valence-corrected chi connectivity index (χ2v) is 5.50. The van der Waals surface area contributed by atoms with Crippen LogP contribution in [0.2, 0.25) is 0 Å². The number of nitrogens with zero attached hydrogens (tertiary/aromatic N) is 3. The molecule has 0 radical (unpaired) electrons. The molecule has 0 unspecified atom stereocenters. The first-order chi connectivity index (χ1) is 12.1. The lowest BCUT2D eigenvalue weighted by atomic mass is 10.1. The maximum absolute atomic E-state index is 12.5. The lowest BCUT2D eigenvalue weighted by Crippen LogP contribution is -2.26. The van der Waals surface area contributed by atoms with Crippen molar-refractivity contribution in [1.29, 1.82) is 0 Å². The van der Waals surface area contributed by atoms with E-state index >= 15 is 0 Å². The Bertz CT molecular complexity index is 874. The van der Waals surface area contributed by atoms with Gasteiger partial charge in [0, 0.05) is 6.07 Å². The van der Waals surface area contributed by atoms with E-state index in [9.17, 15) is 4.79 Å². The molecule has 3 rings (SSSR count). The zero-order valence-electron chi connectivity index (χ0n) is 14.4. The molecule has 0 aliphatic carbocycles. The van der Waals surface area contributed by atoms with Crippen molar-refractivity contribution < 1.29 is 14.3 Å². The molecule has 130 valence electrons. The molecule has 0 saturated carbocycles. The van der Waals surface area contributed by atoms with Crippen LogP contribution >= 0.6 is 0 Å². The normalized spacial score (nSPS) is 12.0. The molecule has 1 aromatic carbocycles. The summed E-state index contributed by atoms with van der Waals surface area (Å²) in [6.45, 7) is 4.33. The van der Waals surface area contributed by atoms with Crippen LogP contribution in [0.15, 0.2) is 42.6 Å². The van der Waals surface area contributed by atoms with Crippen LogP contribution in [0.5, 0.6) is 11.6 Å². The SMILES string of the molecule is CCOc1ccc2nc(C(=O)N[C@@H](C)c3ccc(OC)cc3)cn2n1. The van der Waals surface area contributed by atoms with E-state index in [0.717, 1.165) is 11.3 Å². The van der Waals surface area contributed by atoms with Crippen LogP contribution in [0.25, 0.3) is 5.65 Å². The number of nitrogens with one attached hydrogen (secondary N) is 1. The third kappa shape index (κ3) is 3.71. The third-order valence-corrected chi connectivity index (χ3v) is 3.78. The molecule has 1 amide bonds. The molecule has 0 fully saturated rings. The number of aromatic nitrogens is 3. The first kappa shape index (κ1) is 16.8. The van der Waals surface area contributed by atoms with E-state index in [4.69, 9.17) is 9.47 Å². The Hall–Kier alpha value is -3.09. The van der Waals surface area contributed by atoms with Gasteiger partial charge in [-0.05, 0) is 37.6 Å². The molecule has 7 heteroatoms. The van der Waals surface area contributed by atoms with Crippen LogP contribution in [0.4, 0.5) is 0 Å². The smallest absolute Gasteiger partial charge is 0.272 e. The highest BCUT2D eigenvalue weighted by Gasteiger charge is 2.15. The molecule has 3 aromatic rings. The van der Waals surface area contributed by atoms with Crippen molar-refractivity contribution in [3.63, 3.8) is 0 Å². The molecule has 0 saturated heterocycles. The molecule has 2 heterocycles. The number of imidazole rings is 1. The number of rotatable bonds is 6. The number of carbonyl (C=O) groups excluding carboxylic acids is 1. The van der Waals surface area contributed by atoms with Crippen LogP contribution in [-0.2, 0) is 0 Å². The minimum absolute atomic E-state index is 0.157. The second kappa shape index (κ2) is 7.21. The highest BCUT2D eigenvalue weighted by atomic mass is 16.5. The van der Waals surface area contributed by atoms with Crippen molar-refractivity contribution in [3.8, 4) is 11.6 Å². The molecule has 0 aliphatic heterocycles. The lowest BCUT2D eigenvalue weighted by molar-refractivity contribution is 0.0935. The molecular formula is C18H20N4O3. The standard InChI is InChI=1S/C18H20N4O3/c1-4-25-17-10-9-16-20-15(11-22(16)21-17)18(23)19-12(2)13-5-7-14(24-3)8-6-13/h5-12H,4H2,1-3H3,(H,19,23)/t12-/m0/s1. The first-order valence-corrected chi connectivity index (χ1v) is 8.04. The summed E-state index contributed by atoms with van der Waals surface area (Å²) < 4.78 is 12.0. The first-order valence-electron chi connectivity index (χ1n) is 8.04. The maximum atomic E-state index is 12.5. The largest absolute Gasteiger partial charge is 0.497 e. The van der Waals surface area contributed by atoms with Crippen LogP contribution < -0.4 is 14.8 Å². The highest BCUT2D eigenvalue weighted by molar-refractivity contribution is 5.93. The van der Waals surface area contributed by atoms with E-state index in [1.54, 1.807) is 25.4 Å². The number of hydrogen-bond donors (Lipinski definition) is 1. The Balaban J connectivity index is 1.74. The fourth-order valence-electron chi connectivity index (χ4n) is 2.45. The van der Waals surface area contributed by atoms with Crippen molar-refractivity contribution in [2.24, 2.45) is 0 Å². The van der Waals surface area contributed by atoms with E-state index in [-0.39, 0.29) is 11.9 Å². The van der Waals surface area contributed by atoms with Gasteiger partial charge in [0.1, 0.15) is 11.4 Å². The zero-order chi connectivity index (χ0) is 17.8. The molecule has 7 nitrogen and oxygen atoms in total. The second-order valence-electron chi connectivity index (χ2n) is 5.50. The minimum atomic E-state index is -0.258. The number of hydrogen-bond acceptors (Lipinski definition) is 5. The fourth-order valence-corrected chi connectivity index (χ4v) is 2.45. The van der Waals surface area contributed by atoms with Gasteiger partial charge in [-0.15, -0.1) is 5.10 Å². The average molecular weight is 340 g/mol. The molecule has 0 spiro atoms. The number of methoxy groups -OCH3 is 1. The molecule has 0 aliphatic rings. The number of carbonyl (C=O) groups is 1. The van der Waals surface area contributed by atoms with Crippen molar-refractivity contribution >= 4 is 11.6 Å². The van der Waals surface area contributed by atoms with Gasteiger partial charge in [0.2, 0.25) is 5.88 Å². The molecule has 2 aromatic heterocycles. The highest BCUT2D eigenvalue weighted by Crippen LogP contribution is 2.18. The Labute approximate surface area is 145 Å². The topological polar surface area (TPSA) is 77.8 Å². The van der Waals surface area contributed by atoms with E-state index in [1.807, 2.05) is 38.1 Å². The zero-order valence-corrected chi connectivity index (χ0v) is 14.4. The van der Waals surface area contributed by atoms with E-state index in [0.29, 0.717) is 23.8 Å². The molecule has 25 heavy (non-hydrogen) atoms.